The van der Waals surface area contributed by atoms with Crippen molar-refractivity contribution in [3.8, 4) is 11.6 Å². The Balaban J connectivity index is 1.40. The van der Waals surface area contributed by atoms with Crippen molar-refractivity contribution in [2.75, 3.05) is 5.32 Å². The topological polar surface area (TPSA) is 115 Å². The molecular formula is C30H36FN7O2. The number of hydrogen-bond donors (Lipinski definition) is 2. The van der Waals surface area contributed by atoms with Crippen molar-refractivity contribution in [2.24, 2.45) is 17.8 Å². The van der Waals surface area contributed by atoms with Crippen LogP contribution >= 0.6 is 0 Å². The third kappa shape index (κ3) is 4.51. The third-order valence-electron chi connectivity index (χ3n) is 9.63. The summed E-state index contributed by atoms with van der Waals surface area (Å²) in [4.78, 5) is 29.2. The van der Waals surface area contributed by atoms with E-state index in [-0.39, 0.29) is 28.9 Å². The Morgan fingerprint density at radius 2 is 1.85 bits per heavy atom. The van der Waals surface area contributed by atoms with E-state index in [2.05, 4.69) is 33.9 Å². The predicted molar refractivity (Wildman–Crippen MR) is 149 cm³/mol. The fraction of sp³-hybridized carbons (Fsp3) is 0.567. The molecule has 7 rings (SSSR count). The van der Waals surface area contributed by atoms with Crippen molar-refractivity contribution < 1.29 is 8.91 Å². The molecule has 210 valence electrons. The van der Waals surface area contributed by atoms with E-state index in [1.807, 2.05) is 12.1 Å². The van der Waals surface area contributed by atoms with Crippen LogP contribution in [0.5, 0.6) is 0 Å². The van der Waals surface area contributed by atoms with E-state index in [9.17, 15) is 9.18 Å². The van der Waals surface area contributed by atoms with E-state index in [0.29, 0.717) is 23.3 Å². The molecule has 0 spiro atoms. The minimum Gasteiger partial charge on any atom is -0.365 e. The number of benzene rings is 1. The van der Waals surface area contributed by atoms with E-state index in [0.717, 1.165) is 42.2 Å². The van der Waals surface area contributed by atoms with Crippen molar-refractivity contribution in [1.82, 2.24) is 29.7 Å². The Bertz CT molecular complexity index is 1570. The average molecular weight is 546 g/mol. The number of fused-ring (bicyclic) bond motifs is 1. The van der Waals surface area contributed by atoms with Crippen LogP contribution in [0.3, 0.4) is 0 Å². The molecule has 0 radical (unpaired) electrons. The largest absolute Gasteiger partial charge is 0.439 e. The number of hydrogen-bond acceptors (Lipinski definition) is 7. The van der Waals surface area contributed by atoms with Crippen molar-refractivity contribution in [1.29, 1.82) is 0 Å². The van der Waals surface area contributed by atoms with E-state index >= 15 is 0 Å². The minimum absolute atomic E-state index is 0.184. The lowest BCUT2D eigenvalue weighted by atomic mass is 9.80. The van der Waals surface area contributed by atoms with Gasteiger partial charge in [0, 0.05) is 12.6 Å². The van der Waals surface area contributed by atoms with Crippen LogP contribution in [0.1, 0.15) is 83.0 Å². The van der Waals surface area contributed by atoms with Crippen LogP contribution in [0.25, 0.3) is 22.8 Å². The maximum Gasteiger partial charge on any atom is 0.439 e. The van der Waals surface area contributed by atoms with Crippen molar-refractivity contribution in [3.63, 3.8) is 0 Å². The molecule has 0 aliphatic heterocycles. The van der Waals surface area contributed by atoms with Crippen LogP contribution in [0.15, 0.2) is 33.6 Å². The van der Waals surface area contributed by atoms with Crippen molar-refractivity contribution in [2.45, 2.75) is 89.6 Å². The summed E-state index contributed by atoms with van der Waals surface area (Å²) in [5, 5.41) is 7.57. The van der Waals surface area contributed by atoms with Gasteiger partial charge in [-0.25, -0.2) is 24.1 Å². The molecule has 40 heavy (non-hydrogen) atoms. The molecule has 3 fully saturated rings. The highest BCUT2D eigenvalue weighted by Crippen LogP contribution is 2.54. The monoisotopic (exact) mass is 545 g/mol. The first-order valence-electron chi connectivity index (χ1n) is 14.8. The maximum absolute atomic E-state index is 13.9. The molecule has 0 unspecified atom stereocenters. The molecule has 3 heterocycles. The Hall–Kier alpha value is -3.56. The number of halogens is 1. The van der Waals surface area contributed by atoms with Gasteiger partial charge in [-0.15, -0.1) is 0 Å². The quantitative estimate of drug-likeness (QED) is 0.287. The molecule has 3 aliphatic rings. The second kappa shape index (κ2) is 9.82. The molecule has 10 heteroatoms. The molecule has 4 aromatic rings. The summed E-state index contributed by atoms with van der Waals surface area (Å²) in [5.41, 5.74) is 2.26. The first kappa shape index (κ1) is 25.4. The van der Waals surface area contributed by atoms with Crippen molar-refractivity contribution >= 4 is 17.0 Å². The molecule has 3 aliphatic carbocycles. The zero-order chi connectivity index (χ0) is 27.4. The fourth-order valence-electron chi connectivity index (χ4n) is 6.69. The standard InChI is InChI=1S/C30H36FN7O2/c1-17-6-8-19(9-7-17)16-38-23-24(32-18(2)20-4-3-5-20)33-26(27-36-29(39)40-37-27)34-25(23)35-28(38)30(14-15-30)21-10-12-22(31)13-11-21/h10-13,17-20H,3-9,14-16H2,1-2H3,(H,32,33,34)(H,36,37,39)/t17?,18-,19?/m1/s1. The van der Waals surface area contributed by atoms with Crippen LogP contribution in [0.4, 0.5) is 10.2 Å². The van der Waals surface area contributed by atoms with Gasteiger partial charge in [-0.1, -0.05) is 43.5 Å². The Labute approximate surface area is 232 Å². The lowest BCUT2D eigenvalue weighted by molar-refractivity contribution is 0.264. The van der Waals surface area contributed by atoms with Crippen molar-refractivity contribution in [3.05, 3.63) is 52.0 Å². The molecule has 1 aromatic carbocycles. The van der Waals surface area contributed by atoms with E-state index < -0.39 is 5.76 Å². The van der Waals surface area contributed by atoms with Gasteiger partial charge in [0.25, 0.3) is 0 Å². The number of rotatable bonds is 8. The van der Waals surface area contributed by atoms with Gasteiger partial charge < -0.3 is 9.88 Å². The Kier molecular flexibility index (Phi) is 6.24. The summed E-state index contributed by atoms with van der Waals surface area (Å²) in [5.74, 6) is 3.14. The third-order valence-corrected chi connectivity index (χ3v) is 9.63. The molecule has 0 bridgehead atoms. The molecule has 0 amide bonds. The number of aromatic amines is 1. The Morgan fingerprint density at radius 1 is 1.10 bits per heavy atom. The summed E-state index contributed by atoms with van der Waals surface area (Å²) in [7, 11) is 0. The van der Waals surface area contributed by atoms with Gasteiger partial charge in [0.05, 0.1) is 5.41 Å². The van der Waals surface area contributed by atoms with Gasteiger partial charge in [0.1, 0.15) is 17.2 Å². The average Bonchev–Trinajstić information content (AvgIpc) is 3.45. The van der Waals surface area contributed by atoms with E-state index in [4.69, 9.17) is 19.5 Å². The van der Waals surface area contributed by atoms with Crippen LogP contribution < -0.4 is 11.1 Å². The summed E-state index contributed by atoms with van der Waals surface area (Å²) < 4.78 is 21.0. The lowest BCUT2D eigenvalue weighted by Crippen LogP contribution is -2.31. The highest BCUT2D eigenvalue weighted by atomic mass is 19.1. The second-order valence-electron chi connectivity index (χ2n) is 12.4. The molecular weight excluding hydrogens is 509 g/mol. The first-order valence-corrected chi connectivity index (χ1v) is 14.8. The highest BCUT2D eigenvalue weighted by Gasteiger charge is 2.50. The predicted octanol–water partition coefficient (Wildman–Crippen LogP) is 5.82. The van der Waals surface area contributed by atoms with E-state index in [1.54, 1.807) is 0 Å². The fourth-order valence-corrected chi connectivity index (χ4v) is 6.69. The minimum atomic E-state index is -0.651. The molecule has 3 aromatic heterocycles. The molecule has 1 atom stereocenters. The van der Waals surface area contributed by atoms with Gasteiger partial charge >= 0.3 is 5.76 Å². The van der Waals surface area contributed by atoms with Gasteiger partial charge in [-0.3, -0.25) is 9.51 Å². The van der Waals surface area contributed by atoms with E-state index in [1.165, 1.54) is 57.1 Å². The smallest absolute Gasteiger partial charge is 0.365 e. The zero-order valence-electron chi connectivity index (χ0n) is 23.1. The summed E-state index contributed by atoms with van der Waals surface area (Å²) in [6.45, 7) is 5.40. The van der Waals surface area contributed by atoms with Crippen LogP contribution in [-0.2, 0) is 12.0 Å². The number of aromatic nitrogens is 6. The van der Waals surface area contributed by atoms with Crippen LogP contribution in [0, 0.1) is 23.6 Å². The molecule has 0 saturated heterocycles. The highest BCUT2D eigenvalue weighted by molar-refractivity contribution is 5.86. The summed E-state index contributed by atoms with van der Waals surface area (Å²) in [6, 6.07) is 7.09. The summed E-state index contributed by atoms with van der Waals surface area (Å²) >= 11 is 0. The SMILES string of the molecule is CC1CCC(Cn2c(C3(c4ccc(F)cc4)CC3)nc3nc(-c4noc(=O)[nH]4)nc(N[C@H](C)C4CCC4)c32)CC1. The van der Waals surface area contributed by atoms with Crippen LogP contribution in [-0.4, -0.2) is 35.7 Å². The zero-order valence-corrected chi connectivity index (χ0v) is 23.1. The normalized spacial score (nSPS) is 23.2. The Morgan fingerprint density at radius 3 is 2.48 bits per heavy atom. The number of nitrogens with one attached hydrogen (secondary N) is 2. The summed E-state index contributed by atoms with van der Waals surface area (Å²) in [6.07, 6.45) is 10.4. The van der Waals surface area contributed by atoms with Gasteiger partial charge in [-0.2, -0.15) is 0 Å². The number of imidazole rings is 1. The molecule has 9 nitrogen and oxygen atoms in total. The maximum atomic E-state index is 13.9. The van der Waals surface area contributed by atoms with Crippen LogP contribution in [0.2, 0.25) is 0 Å². The first-order chi connectivity index (χ1) is 19.4. The number of nitrogens with zero attached hydrogens (tertiary/aromatic N) is 5. The number of H-pyrrole nitrogens is 1. The second-order valence-corrected chi connectivity index (χ2v) is 12.4. The molecule has 2 N–H and O–H groups in total. The van der Waals surface area contributed by atoms with Gasteiger partial charge in [0.15, 0.2) is 11.5 Å². The van der Waals surface area contributed by atoms with Gasteiger partial charge in [0.2, 0.25) is 11.6 Å². The molecule has 3 saturated carbocycles. The number of anilines is 1. The lowest BCUT2D eigenvalue weighted by Gasteiger charge is -2.32. The van der Waals surface area contributed by atoms with Gasteiger partial charge in [-0.05, 0) is 80.9 Å².